The number of aliphatic hydroxyl groups is 1. The van der Waals surface area contributed by atoms with E-state index >= 15 is 0 Å². The van der Waals surface area contributed by atoms with Crippen molar-refractivity contribution < 1.29 is 27.9 Å². The van der Waals surface area contributed by atoms with E-state index in [-0.39, 0.29) is 36.6 Å². The Bertz CT molecular complexity index is 765. The molecule has 0 heterocycles. The molecule has 152 valence electrons. The van der Waals surface area contributed by atoms with Gasteiger partial charge in [0.05, 0.1) is 12.3 Å². The molecule has 1 rings (SSSR count). The number of hydrogen-bond acceptors (Lipinski definition) is 7. The third kappa shape index (κ3) is 4.85. The number of nitrogens with zero attached hydrogens (tertiary/aromatic N) is 1. The molecular weight excluding hydrogens is 372 g/mol. The Morgan fingerprint density at radius 1 is 1.22 bits per heavy atom. The van der Waals surface area contributed by atoms with Crippen LogP contribution in [-0.2, 0) is 24.3 Å². The number of esters is 1. The van der Waals surface area contributed by atoms with Crippen molar-refractivity contribution in [3.8, 4) is 0 Å². The lowest BCUT2D eigenvalue weighted by atomic mass is 9.85. The van der Waals surface area contributed by atoms with Gasteiger partial charge in [-0.2, -0.15) is 0 Å². The van der Waals surface area contributed by atoms with Gasteiger partial charge in [-0.25, -0.2) is 18.4 Å². The van der Waals surface area contributed by atoms with E-state index in [2.05, 4.69) is 0 Å². The SMILES string of the molecule is CCCN(c1ccccc1S(N)(=O)=O)[C@](CCO)(C(=O)CC)C(=O)OCC. The Balaban J connectivity index is 3.82. The predicted octanol–water partition coefficient (Wildman–Crippen LogP) is 1.21. The van der Waals surface area contributed by atoms with Crippen molar-refractivity contribution in [2.75, 3.05) is 24.7 Å². The molecule has 0 saturated heterocycles. The van der Waals surface area contributed by atoms with Gasteiger partial charge < -0.3 is 14.7 Å². The van der Waals surface area contributed by atoms with Gasteiger partial charge in [-0.3, -0.25) is 4.79 Å². The number of sulfonamides is 1. The quantitative estimate of drug-likeness (QED) is 0.422. The van der Waals surface area contributed by atoms with E-state index in [1.807, 2.05) is 6.92 Å². The molecule has 8 nitrogen and oxygen atoms in total. The molecule has 9 heteroatoms. The van der Waals surface area contributed by atoms with Gasteiger partial charge in [0.2, 0.25) is 10.0 Å². The Hall–Kier alpha value is -1.97. The van der Waals surface area contributed by atoms with Crippen molar-refractivity contribution in [1.82, 2.24) is 0 Å². The van der Waals surface area contributed by atoms with E-state index in [4.69, 9.17) is 9.88 Å². The van der Waals surface area contributed by atoms with E-state index in [1.54, 1.807) is 19.9 Å². The molecule has 0 aliphatic carbocycles. The van der Waals surface area contributed by atoms with Crippen molar-refractivity contribution in [3.63, 3.8) is 0 Å². The molecule has 0 spiro atoms. The molecule has 0 aromatic heterocycles. The molecule has 1 atom stereocenters. The highest BCUT2D eigenvalue weighted by atomic mass is 32.2. The number of ether oxygens (including phenoxy) is 1. The number of nitrogens with two attached hydrogens (primary N) is 1. The van der Waals surface area contributed by atoms with Gasteiger partial charge in [0, 0.05) is 26.0 Å². The molecule has 0 bridgehead atoms. The zero-order valence-electron chi connectivity index (χ0n) is 16.0. The lowest BCUT2D eigenvalue weighted by Gasteiger charge is -2.42. The van der Waals surface area contributed by atoms with Crippen LogP contribution in [0.5, 0.6) is 0 Å². The number of Topliss-reactive ketones (excluding diaryl/α,β-unsaturated/α-hetero) is 1. The van der Waals surface area contributed by atoms with Crippen LogP contribution in [0.15, 0.2) is 29.2 Å². The van der Waals surface area contributed by atoms with E-state index in [9.17, 15) is 23.1 Å². The minimum atomic E-state index is -4.11. The smallest absolute Gasteiger partial charge is 0.339 e. The molecule has 0 radical (unpaired) electrons. The first-order valence-corrected chi connectivity index (χ1v) is 10.5. The van der Waals surface area contributed by atoms with Gasteiger partial charge in [-0.05, 0) is 25.5 Å². The van der Waals surface area contributed by atoms with Crippen molar-refractivity contribution >= 4 is 27.5 Å². The number of carbonyl (C=O) groups is 2. The topological polar surface area (TPSA) is 127 Å². The number of ketones is 1. The summed E-state index contributed by atoms with van der Waals surface area (Å²) in [4.78, 5) is 27.1. The highest BCUT2D eigenvalue weighted by molar-refractivity contribution is 7.89. The minimum Gasteiger partial charge on any atom is -0.464 e. The van der Waals surface area contributed by atoms with E-state index in [0.717, 1.165) is 0 Å². The lowest BCUT2D eigenvalue weighted by molar-refractivity contribution is -0.154. The van der Waals surface area contributed by atoms with Gasteiger partial charge in [0.25, 0.3) is 0 Å². The van der Waals surface area contributed by atoms with Crippen LogP contribution < -0.4 is 10.0 Å². The maximum Gasteiger partial charge on any atom is 0.339 e. The van der Waals surface area contributed by atoms with Crippen LogP contribution in [0.25, 0.3) is 0 Å². The summed E-state index contributed by atoms with van der Waals surface area (Å²) < 4.78 is 29.3. The molecule has 1 aromatic rings. The van der Waals surface area contributed by atoms with E-state index in [0.29, 0.717) is 6.42 Å². The predicted molar refractivity (Wildman–Crippen MR) is 102 cm³/mol. The Kier molecular flexibility index (Phi) is 8.39. The number of benzene rings is 1. The maximum absolute atomic E-state index is 13.0. The molecular formula is C18H28N2O6S. The monoisotopic (exact) mass is 400 g/mol. The molecule has 0 aliphatic heterocycles. The van der Waals surface area contributed by atoms with Gasteiger partial charge in [-0.1, -0.05) is 26.0 Å². The summed E-state index contributed by atoms with van der Waals surface area (Å²) in [5, 5.41) is 15.0. The molecule has 0 amide bonds. The van der Waals surface area contributed by atoms with E-state index in [1.165, 1.54) is 23.1 Å². The molecule has 3 N–H and O–H groups in total. The second-order valence-electron chi connectivity index (χ2n) is 6.00. The molecule has 0 aliphatic rings. The first kappa shape index (κ1) is 23.1. The molecule has 0 fully saturated rings. The van der Waals surface area contributed by atoms with Crippen LogP contribution in [0.1, 0.15) is 40.0 Å². The van der Waals surface area contributed by atoms with Crippen LogP contribution >= 0.6 is 0 Å². The number of primary sulfonamides is 1. The fourth-order valence-electron chi connectivity index (χ4n) is 3.12. The van der Waals surface area contributed by atoms with Crippen LogP contribution in [0.4, 0.5) is 5.69 Å². The molecule has 27 heavy (non-hydrogen) atoms. The number of anilines is 1. The summed E-state index contributed by atoms with van der Waals surface area (Å²) in [6.07, 6.45) is 0.302. The van der Waals surface area contributed by atoms with Crippen molar-refractivity contribution in [1.29, 1.82) is 0 Å². The summed E-state index contributed by atoms with van der Waals surface area (Å²) in [7, 11) is -4.11. The Morgan fingerprint density at radius 2 is 1.85 bits per heavy atom. The molecule has 1 aromatic carbocycles. The summed E-state index contributed by atoms with van der Waals surface area (Å²) in [5.41, 5.74) is -1.71. The number of hydrogen-bond donors (Lipinski definition) is 2. The number of aliphatic hydroxyl groups excluding tert-OH is 1. The number of carbonyl (C=O) groups excluding carboxylic acids is 2. The van der Waals surface area contributed by atoms with Gasteiger partial charge in [-0.15, -0.1) is 0 Å². The first-order chi connectivity index (χ1) is 12.7. The largest absolute Gasteiger partial charge is 0.464 e. The first-order valence-electron chi connectivity index (χ1n) is 8.91. The Morgan fingerprint density at radius 3 is 2.33 bits per heavy atom. The number of para-hydroxylation sites is 1. The normalized spacial score (nSPS) is 13.7. The zero-order valence-corrected chi connectivity index (χ0v) is 16.8. The highest BCUT2D eigenvalue weighted by Gasteiger charge is 2.51. The number of rotatable bonds is 11. The molecule has 0 unspecified atom stereocenters. The van der Waals surface area contributed by atoms with Crippen LogP contribution in [0.2, 0.25) is 0 Å². The van der Waals surface area contributed by atoms with Gasteiger partial charge >= 0.3 is 5.97 Å². The summed E-state index contributed by atoms with van der Waals surface area (Å²) in [6.45, 7) is 4.82. The average Bonchev–Trinajstić information content (AvgIpc) is 2.63. The van der Waals surface area contributed by atoms with Crippen molar-refractivity contribution in [2.45, 2.75) is 50.5 Å². The van der Waals surface area contributed by atoms with Crippen molar-refractivity contribution in [2.24, 2.45) is 5.14 Å². The van der Waals surface area contributed by atoms with Crippen molar-refractivity contribution in [3.05, 3.63) is 24.3 Å². The highest BCUT2D eigenvalue weighted by Crippen LogP contribution is 2.34. The van der Waals surface area contributed by atoms with Gasteiger partial charge in [0.15, 0.2) is 11.3 Å². The summed E-state index contributed by atoms with van der Waals surface area (Å²) in [5.74, 6) is -1.28. The fourth-order valence-corrected chi connectivity index (χ4v) is 3.86. The van der Waals surface area contributed by atoms with Crippen LogP contribution in [-0.4, -0.2) is 50.6 Å². The third-order valence-corrected chi connectivity index (χ3v) is 5.20. The second kappa shape index (κ2) is 9.82. The summed E-state index contributed by atoms with van der Waals surface area (Å²) in [6, 6.07) is 5.91. The zero-order chi connectivity index (χ0) is 20.7. The molecule has 0 saturated carbocycles. The third-order valence-electron chi connectivity index (χ3n) is 4.24. The van der Waals surface area contributed by atoms with Crippen LogP contribution in [0, 0.1) is 0 Å². The fraction of sp³-hybridized carbons (Fsp3) is 0.556. The maximum atomic E-state index is 13.0. The lowest BCUT2D eigenvalue weighted by Crippen LogP contribution is -2.62. The summed E-state index contributed by atoms with van der Waals surface area (Å²) >= 11 is 0. The van der Waals surface area contributed by atoms with E-state index < -0.39 is 33.9 Å². The standard InChI is InChI=1S/C18H28N2O6S/c1-4-12-20(14-9-7-8-10-15(14)27(19,24)25)18(11-13-21,16(22)5-2)17(23)26-6-3/h7-10,21H,4-6,11-13H2,1-3H3,(H2,19,24,25)/t18-/m1/s1. The Labute approximate surface area is 160 Å². The van der Waals surface area contributed by atoms with Crippen LogP contribution in [0.3, 0.4) is 0 Å². The minimum absolute atomic E-state index is 0.0105. The second-order valence-corrected chi connectivity index (χ2v) is 7.53. The van der Waals surface area contributed by atoms with Gasteiger partial charge in [0.1, 0.15) is 4.90 Å². The average molecular weight is 400 g/mol.